The molecule has 1 aromatic heterocycles. The van der Waals surface area contributed by atoms with Gasteiger partial charge >= 0.3 is 0 Å². The molecule has 1 unspecified atom stereocenters. The Balaban J connectivity index is 2.01. The number of aromatic nitrogens is 2. The lowest BCUT2D eigenvalue weighted by molar-refractivity contribution is 0.462. The molecule has 3 heteroatoms. The number of hydrogen-bond donors (Lipinski definition) is 1. The molecule has 2 aromatic rings. The van der Waals surface area contributed by atoms with E-state index in [0.29, 0.717) is 6.04 Å². The van der Waals surface area contributed by atoms with E-state index in [1.54, 1.807) is 0 Å². The summed E-state index contributed by atoms with van der Waals surface area (Å²) in [7, 11) is 0. The van der Waals surface area contributed by atoms with Crippen molar-refractivity contribution in [1.29, 1.82) is 0 Å². The lowest BCUT2D eigenvalue weighted by atomic mass is 10.2. The van der Waals surface area contributed by atoms with Crippen LogP contribution in [0.4, 0.5) is 0 Å². The third kappa shape index (κ3) is 2.86. The molecule has 0 fully saturated rings. The van der Waals surface area contributed by atoms with E-state index in [2.05, 4.69) is 53.2 Å². The van der Waals surface area contributed by atoms with E-state index in [1.165, 1.54) is 23.7 Å². The first-order valence-electron chi connectivity index (χ1n) is 6.46. The van der Waals surface area contributed by atoms with E-state index in [1.807, 2.05) is 6.20 Å². The van der Waals surface area contributed by atoms with Gasteiger partial charge in [-0.1, -0.05) is 31.5 Å². The molecule has 0 aliphatic rings. The number of nitrogens with zero attached hydrogens (tertiary/aromatic N) is 2. The van der Waals surface area contributed by atoms with Crippen molar-refractivity contribution in [3.63, 3.8) is 0 Å². The fourth-order valence-electron chi connectivity index (χ4n) is 2.04. The van der Waals surface area contributed by atoms with Crippen molar-refractivity contribution >= 4 is 10.9 Å². The predicted molar refractivity (Wildman–Crippen MR) is 72.2 cm³/mol. The highest BCUT2D eigenvalue weighted by Crippen LogP contribution is 2.16. The summed E-state index contributed by atoms with van der Waals surface area (Å²) in [5.41, 5.74) is 1.22. The van der Waals surface area contributed by atoms with Gasteiger partial charge in [-0.3, -0.25) is 4.68 Å². The highest BCUT2D eigenvalue weighted by molar-refractivity contribution is 5.78. The Bertz CT molecular complexity index is 461. The standard InChI is InChI=1S/C14H21N3/c1-3-4-9-15-10-12(2)17-14-8-6-5-7-13(14)11-16-17/h5-8,11-12,15H,3-4,9-10H2,1-2H3. The highest BCUT2D eigenvalue weighted by atomic mass is 15.3. The van der Waals surface area contributed by atoms with Gasteiger partial charge in [0.15, 0.2) is 0 Å². The average Bonchev–Trinajstić information content (AvgIpc) is 2.78. The Morgan fingerprint density at radius 1 is 1.35 bits per heavy atom. The Labute approximate surface area is 103 Å². The van der Waals surface area contributed by atoms with Gasteiger partial charge in [-0.05, 0) is 26.0 Å². The summed E-state index contributed by atoms with van der Waals surface area (Å²) < 4.78 is 2.11. The fraction of sp³-hybridized carbons (Fsp3) is 0.500. The van der Waals surface area contributed by atoms with E-state index in [9.17, 15) is 0 Å². The number of fused-ring (bicyclic) bond motifs is 1. The van der Waals surface area contributed by atoms with E-state index in [-0.39, 0.29) is 0 Å². The number of unbranched alkanes of at least 4 members (excludes halogenated alkanes) is 1. The topological polar surface area (TPSA) is 29.9 Å². The van der Waals surface area contributed by atoms with Gasteiger partial charge in [-0.15, -0.1) is 0 Å². The van der Waals surface area contributed by atoms with Crippen LogP contribution in [-0.4, -0.2) is 22.9 Å². The Kier molecular flexibility index (Phi) is 4.15. The van der Waals surface area contributed by atoms with Crippen molar-refractivity contribution in [1.82, 2.24) is 15.1 Å². The molecule has 17 heavy (non-hydrogen) atoms. The molecule has 1 atom stereocenters. The zero-order chi connectivity index (χ0) is 12.1. The number of hydrogen-bond acceptors (Lipinski definition) is 2. The molecule has 0 amide bonds. The summed E-state index contributed by atoms with van der Waals surface area (Å²) in [5, 5.41) is 9.16. The van der Waals surface area contributed by atoms with Crippen LogP contribution in [0.5, 0.6) is 0 Å². The second-order valence-electron chi connectivity index (χ2n) is 4.55. The van der Waals surface area contributed by atoms with Crippen LogP contribution in [0.1, 0.15) is 32.7 Å². The first kappa shape index (κ1) is 12.1. The van der Waals surface area contributed by atoms with Gasteiger partial charge in [0.05, 0.1) is 17.8 Å². The van der Waals surface area contributed by atoms with Crippen LogP contribution < -0.4 is 5.32 Å². The van der Waals surface area contributed by atoms with Crippen molar-refractivity contribution in [3.8, 4) is 0 Å². The van der Waals surface area contributed by atoms with Crippen LogP contribution in [0.3, 0.4) is 0 Å². The molecule has 3 nitrogen and oxygen atoms in total. The maximum atomic E-state index is 4.47. The monoisotopic (exact) mass is 231 g/mol. The van der Waals surface area contributed by atoms with Gasteiger partial charge in [0.2, 0.25) is 0 Å². The van der Waals surface area contributed by atoms with Crippen molar-refractivity contribution in [2.24, 2.45) is 0 Å². The lowest BCUT2D eigenvalue weighted by Gasteiger charge is -2.14. The molecule has 0 saturated heterocycles. The number of rotatable bonds is 6. The molecule has 92 valence electrons. The predicted octanol–water partition coefficient (Wildman–Crippen LogP) is 2.99. The first-order valence-corrected chi connectivity index (χ1v) is 6.46. The van der Waals surface area contributed by atoms with Gasteiger partial charge in [0.1, 0.15) is 0 Å². The quantitative estimate of drug-likeness (QED) is 0.775. The average molecular weight is 231 g/mol. The third-order valence-corrected chi connectivity index (χ3v) is 3.07. The Hall–Kier alpha value is -1.35. The van der Waals surface area contributed by atoms with Crippen LogP contribution in [0, 0.1) is 0 Å². The van der Waals surface area contributed by atoms with Crippen molar-refractivity contribution in [2.45, 2.75) is 32.7 Å². The molecule has 2 rings (SSSR count). The SMILES string of the molecule is CCCCNCC(C)n1ncc2ccccc21. The van der Waals surface area contributed by atoms with E-state index in [4.69, 9.17) is 0 Å². The Morgan fingerprint density at radius 3 is 3.00 bits per heavy atom. The molecule has 0 bridgehead atoms. The highest BCUT2D eigenvalue weighted by Gasteiger charge is 2.08. The summed E-state index contributed by atoms with van der Waals surface area (Å²) in [6.45, 7) is 6.50. The molecule has 1 N–H and O–H groups in total. The first-order chi connectivity index (χ1) is 8.33. The Morgan fingerprint density at radius 2 is 2.18 bits per heavy atom. The minimum Gasteiger partial charge on any atom is -0.315 e. The number of nitrogens with one attached hydrogen (secondary N) is 1. The van der Waals surface area contributed by atoms with Gasteiger partial charge < -0.3 is 5.32 Å². The zero-order valence-corrected chi connectivity index (χ0v) is 10.7. The number of para-hydroxylation sites is 1. The molecular formula is C14H21N3. The lowest BCUT2D eigenvalue weighted by Crippen LogP contribution is -2.24. The number of benzene rings is 1. The molecule has 1 aromatic carbocycles. The maximum absolute atomic E-state index is 4.47. The molecule has 1 heterocycles. The van der Waals surface area contributed by atoms with Gasteiger partial charge in [-0.25, -0.2) is 0 Å². The minimum absolute atomic E-state index is 0.395. The smallest absolute Gasteiger partial charge is 0.0686 e. The minimum atomic E-state index is 0.395. The third-order valence-electron chi connectivity index (χ3n) is 3.07. The second kappa shape index (κ2) is 5.82. The summed E-state index contributed by atoms with van der Waals surface area (Å²) in [4.78, 5) is 0. The molecular weight excluding hydrogens is 210 g/mol. The largest absolute Gasteiger partial charge is 0.315 e. The van der Waals surface area contributed by atoms with Crippen molar-refractivity contribution in [3.05, 3.63) is 30.5 Å². The van der Waals surface area contributed by atoms with Crippen LogP contribution in [0.15, 0.2) is 30.5 Å². The zero-order valence-electron chi connectivity index (χ0n) is 10.7. The van der Waals surface area contributed by atoms with Gasteiger partial charge in [0.25, 0.3) is 0 Å². The summed E-state index contributed by atoms with van der Waals surface area (Å²) in [6, 6.07) is 8.75. The molecule has 0 radical (unpaired) electrons. The fourth-order valence-corrected chi connectivity index (χ4v) is 2.04. The second-order valence-corrected chi connectivity index (χ2v) is 4.55. The molecule has 0 aliphatic carbocycles. The van der Waals surface area contributed by atoms with Crippen molar-refractivity contribution < 1.29 is 0 Å². The van der Waals surface area contributed by atoms with E-state index in [0.717, 1.165) is 13.1 Å². The van der Waals surface area contributed by atoms with Gasteiger partial charge in [-0.2, -0.15) is 5.10 Å². The van der Waals surface area contributed by atoms with Crippen molar-refractivity contribution in [2.75, 3.05) is 13.1 Å². The van der Waals surface area contributed by atoms with E-state index < -0.39 is 0 Å². The maximum Gasteiger partial charge on any atom is 0.0686 e. The van der Waals surface area contributed by atoms with Crippen LogP contribution in [0.25, 0.3) is 10.9 Å². The van der Waals surface area contributed by atoms with Crippen LogP contribution >= 0.6 is 0 Å². The molecule has 0 aliphatic heterocycles. The van der Waals surface area contributed by atoms with Crippen LogP contribution in [0.2, 0.25) is 0 Å². The van der Waals surface area contributed by atoms with E-state index >= 15 is 0 Å². The molecule has 0 spiro atoms. The summed E-state index contributed by atoms with van der Waals surface area (Å²) in [5.74, 6) is 0. The van der Waals surface area contributed by atoms with Crippen LogP contribution in [-0.2, 0) is 0 Å². The summed E-state index contributed by atoms with van der Waals surface area (Å²) in [6.07, 6.45) is 4.43. The molecule has 0 saturated carbocycles. The normalized spacial score (nSPS) is 13.1. The summed E-state index contributed by atoms with van der Waals surface area (Å²) >= 11 is 0. The van der Waals surface area contributed by atoms with Gasteiger partial charge in [0, 0.05) is 11.9 Å².